The highest BCUT2D eigenvalue weighted by molar-refractivity contribution is 7.89. The van der Waals surface area contributed by atoms with E-state index in [1.54, 1.807) is 6.07 Å². The molecule has 124 valence electrons. The average Bonchev–Trinajstić information content (AvgIpc) is 2.55. The lowest BCUT2D eigenvalue weighted by Crippen LogP contribution is -2.42. The van der Waals surface area contributed by atoms with Crippen LogP contribution in [0, 0.1) is 5.92 Å². The number of nitrogens with one attached hydrogen (secondary N) is 1. The molecular weight excluding hydrogens is 320 g/mol. The van der Waals surface area contributed by atoms with Crippen LogP contribution in [-0.4, -0.2) is 49.3 Å². The minimum absolute atomic E-state index is 0.0268. The molecule has 2 N–H and O–H groups in total. The van der Waals surface area contributed by atoms with Crippen LogP contribution in [-0.2, 0) is 21.2 Å². The highest BCUT2D eigenvalue weighted by atomic mass is 32.2. The smallest absolute Gasteiger partial charge is 0.307 e. The highest BCUT2D eigenvalue weighted by Gasteiger charge is 2.34. The van der Waals surface area contributed by atoms with Gasteiger partial charge in [-0.15, -0.1) is 0 Å². The first-order valence-corrected chi connectivity index (χ1v) is 8.97. The Morgan fingerprint density at radius 1 is 1.35 bits per heavy atom. The van der Waals surface area contributed by atoms with Crippen LogP contribution in [0.3, 0.4) is 0 Å². The van der Waals surface area contributed by atoms with Crippen molar-refractivity contribution >= 4 is 21.9 Å². The Labute approximate surface area is 134 Å². The van der Waals surface area contributed by atoms with E-state index in [4.69, 9.17) is 5.11 Å². The van der Waals surface area contributed by atoms with Crippen LogP contribution in [0.4, 0.5) is 0 Å². The summed E-state index contributed by atoms with van der Waals surface area (Å²) in [5, 5.41) is 11.8. The number of fused-ring (bicyclic) bond motifs is 1. The maximum absolute atomic E-state index is 12.7. The van der Waals surface area contributed by atoms with Crippen LogP contribution in [0.25, 0.3) is 0 Å². The van der Waals surface area contributed by atoms with Gasteiger partial charge in [-0.2, -0.15) is 4.31 Å². The maximum Gasteiger partial charge on any atom is 0.307 e. The summed E-state index contributed by atoms with van der Waals surface area (Å²) in [5.41, 5.74) is 1.21. The van der Waals surface area contributed by atoms with Crippen molar-refractivity contribution < 1.29 is 23.1 Å². The van der Waals surface area contributed by atoms with Gasteiger partial charge in [0.25, 0.3) is 5.91 Å². The number of hydrogen-bond acceptors (Lipinski definition) is 4. The number of carbonyl (C=O) groups is 2. The van der Waals surface area contributed by atoms with Gasteiger partial charge in [-0.3, -0.25) is 9.59 Å². The lowest BCUT2D eigenvalue weighted by atomic mass is 10.0. The molecule has 1 atom stereocenters. The van der Waals surface area contributed by atoms with Gasteiger partial charge in [0.15, 0.2) is 0 Å². The molecule has 0 saturated carbocycles. The topological polar surface area (TPSA) is 104 Å². The third-order valence-electron chi connectivity index (χ3n) is 4.38. The van der Waals surface area contributed by atoms with Crippen molar-refractivity contribution in [1.82, 2.24) is 9.62 Å². The first kappa shape index (κ1) is 15.9. The van der Waals surface area contributed by atoms with E-state index in [-0.39, 0.29) is 17.3 Å². The zero-order chi connectivity index (χ0) is 16.6. The summed E-state index contributed by atoms with van der Waals surface area (Å²) in [4.78, 5) is 23.0. The number of sulfonamides is 1. The molecule has 1 aromatic rings. The first-order valence-electron chi connectivity index (χ1n) is 7.53. The predicted octanol–water partition coefficient (Wildman–Crippen LogP) is 0.458. The minimum atomic E-state index is -3.80. The van der Waals surface area contributed by atoms with Crippen molar-refractivity contribution in [3.8, 4) is 0 Å². The zero-order valence-corrected chi connectivity index (χ0v) is 13.3. The van der Waals surface area contributed by atoms with Gasteiger partial charge in [0, 0.05) is 25.2 Å². The summed E-state index contributed by atoms with van der Waals surface area (Å²) in [5.74, 6) is -1.93. The monoisotopic (exact) mass is 338 g/mol. The van der Waals surface area contributed by atoms with E-state index in [0.717, 1.165) is 5.56 Å². The summed E-state index contributed by atoms with van der Waals surface area (Å²) >= 11 is 0. The van der Waals surface area contributed by atoms with Crippen LogP contribution in [0.15, 0.2) is 23.1 Å². The van der Waals surface area contributed by atoms with Gasteiger partial charge < -0.3 is 10.4 Å². The summed E-state index contributed by atoms with van der Waals surface area (Å²) in [7, 11) is -3.80. The highest BCUT2D eigenvalue weighted by Crippen LogP contribution is 2.26. The lowest BCUT2D eigenvalue weighted by Gasteiger charge is -2.30. The standard InChI is InChI=1S/C15H18N2O5S/c18-14-13-8-12(4-3-10(13)5-6-16-14)23(21,22)17-7-1-2-11(9-17)15(19)20/h3-4,8,11H,1-2,5-7,9H2,(H,16,18)(H,19,20). The van der Waals surface area contributed by atoms with Gasteiger partial charge in [0.1, 0.15) is 0 Å². The summed E-state index contributed by atoms with van der Waals surface area (Å²) < 4.78 is 26.7. The third-order valence-corrected chi connectivity index (χ3v) is 6.24. The summed E-state index contributed by atoms with van der Waals surface area (Å²) in [6, 6.07) is 4.56. The Morgan fingerprint density at radius 3 is 2.87 bits per heavy atom. The van der Waals surface area contributed by atoms with Crippen LogP contribution >= 0.6 is 0 Å². The number of carboxylic acids is 1. The van der Waals surface area contributed by atoms with Gasteiger partial charge >= 0.3 is 5.97 Å². The number of hydrogen-bond donors (Lipinski definition) is 2. The molecule has 0 radical (unpaired) electrons. The number of piperidine rings is 1. The second-order valence-electron chi connectivity index (χ2n) is 5.87. The van der Waals surface area contributed by atoms with Gasteiger partial charge in [-0.05, 0) is 37.0 Å². The van der Waals surface area contributed by atoms with Crippen LogP contribution < -0.4 is 5.32 Å². The molecule has 2 heterocycles. The number of aliphatic carboxylic acids is 1. The molecule has 0 spiro atoms. The number of nitrogens with zero attached hydrogens (tertiary/aromatic N) is 1. The molecule has 1 saturated heterocycles. The van der Waals surface area contributed by atoms with E-state index in [1.165, 1.54) is 16.4 Å². The Morgan fingerprint density at radius 2 is 2.13 bits per heavy atom. The van der Waals surface area contributed by atoms with E-state index in [2.05, 4.69) is 5.32 Å². The fourth-order valence-electron chi connectivity index (χ4n) is 3.06. The van der Waals surface area contributed by atoms with Crippen molar-refractivity contribution in [1.29, 1.82) is 0 Å². The number of benzene rings is 1. The molecule has 1 amide bonds. The third kappa shape index (κ3) is 2.96. The predicted molar refractivity (Wildman–Crippen MR) is 81.6 cm³/mol. The van der Waals surface area contributed by atoms with Gasteiger partial charge in [0.05, 0.1) is 10.8 Å². The largest absolute Gasteiger partial charge is 0.481 e. The second kappa shape index (κ2) is 5.93. The molecule has 23 heavy (non-hydrogen) atoms. The van der Waals surface area contributed by atoms with Crippen molar-refractivity contribution in [3.05, 3.63) is 29.3 Å². The fraction of sp³-hybridized carbons (Fsp3) is 0.467. The number of carbonyl (C=O) groups excluding carboxylic acids is 1. The zero-order valence-electron chi connectivity index (χ0n) is 12.5. The minimum Gasteiger partial charge on any atom is -0.481 e. The summed E-state index contributed by atoms with van der Waals surface area (Å²) in [6.45, 7) is 0.820. The number of carboxylic acid groups (broad SMARTS) is 1. The maximum atomic E-state index is 12.7. The van der Waals surface area contributed by atoms with Gasteiger partial charge in [-0.25, -0.2) is 8.42 Å². The van der Waals surface area contributed by atoms with E-state index < -0.39 is 21.9 Å². The Kier molecular flexibility index (Phi) is 4.11. The molecule has 0 aliphatic carbocycles. The molecule has 1 aromatic carbocycles. The van der Waals surface area contributed by atoms with Crippen molar-refractivity contribution in [2.24, 2.45) is 5.92 Å². The summed E-state index contributed by atoms with van der Waals surface area (Å²) in [6.07, 6.45) is 1.67. The normalized spacial score (nSPS) is 22.3. The van der Waals surface area contributed by atoms with Crippen LogP contribution in [0.5, 0.6) is 0 Å². The Bertz CT molecular complexity index is 759. The lowest BCUT2D eigenvalue weighted by molar-refractivity contribution is -0.142. The van der Waals surface area contributed by atoms with E-state index in [1.807, 2.05) is 0 Å². The van der Waals surface area contributed by atoms with Gasteiger partial charge in [-0.1, -0.05) is 6.07 Å². The first-order chi connectivity index (χ1) is 10.9. The van der Waals surface area contributed by atoms with Crippen LogP contribution in [0.1, 0.15) is 28.8 Å². The Hall–Kier alpha value is -1.93. The van der Waals surface area contributed by atoms with Crippen molar-refractivity contribution in [2.45, 2.75) is 24.2 Å². The van der Waals surface area contributed by atoms with Crippen LogP contribution in [0.2, 0.25) is 0 Å². The SMILES string of the molecule is O=C1NCCc2ccc(S(=O)(=O)N3CCCC(C(=O)O)C3)cc21. The molecule has 2 aliphatic heterocycles. The van der Waals surface area contributed by atoms with E-state index >= 15 is 0 Å². The quantitative estimate of drug-likeness (QED) is 0.833. The molecular formula is C15H18N2O5S. The van der Waals surface area contributed by atoms with Gasteiger partial charge in [0.2, 0.25) is 10.0 Å². The molecule has 8 heteroatoms. The number of amides is 1. The molecule has 1 unspecified atom stereocenters. The molecule has 0 aromatic heterocycles. The molecule has 7 nitrogen and oxygen atoms in total. The average molecular weight is 338 g/mol. The van der Waals surface area contributed by atoms with E-state index in [9.17, 15) is 18.0 Å². The van der Waals surface area contributed by atoms with Crippen molar-refractivity contribution in [3.63, 3.8) is 0 Å². The Balaban J connectivity index is 1.92. The number of rotatable bonds is 3. The molecule has 2 aliphatic rings. The molecule has 1 fully saturated rings. The molecule has 3 rings (SSSR count). The van der Waals surface area contributed by atoms with E-state index in [0.29, 0.717) is 37.9 Å². The second-order valence-corrected chi connectivity index (χ2v) is 7.80. The molecule has 0 bridgehead atoms. The van der Waals surface area contributed by atoms with Crippen molar-refractivity contribution in [2.75, 3.05) is 19.6 Å². The fourth-order valence-corrected chi connectivity index (χ4v) is 4.61.